The lowest BCUT2D eigenvalue weighted by Crippen LogP contribution is -2.44. The average Bonchev–Trinajstić information content (AvgIpc) is 2.40. The van der Waals surface area contributed by atoms with Gasteiger partial charge >= 0.3 is 6.03 Å². The summed E-state index contributed by atoms with van der Waals surface area (Å²) < 4.78 is 0. The second-order valence-corrected chi connectivity index (χ2v) is 4.53. The van der Waals surface area contributed by atoms with Gasteiger partial charge < -0.3 is 21.1 Å². The van der Waals surface area contributed by atoms with Gasteiger partial charge in [-0.3, -0.25) is 0 Å². The van der Waals surface area contributed by atoms with Crippen LogP contribution in [0, 0.1) is 0 Å². The van der Waals surface area contributed by atoms with Crippen LogP contribution in [0.4, 0.5) is 10.5 Å². The van der Waals surface area contributed by atoms with E-state index in [1.165, 1.54) is 25.0 Å². The highest BCUT2D eigenvalue weighted by Gasteiger charge is 2.13. The van der Waals surface area contributed by atoms with E-state index >= 15 is 0 Å². The SMILES string of the molecule is O=C(NCC1CCCCN1)Nc1ccc(O)cc1. The van der Waals surface area contributed by atoms with Crippen molar-refractivity contribution in [2.75, 3.05) is 18.4 Å². The second-order valence-electron chi connectivity index (χ2n) is 4.53. The molecule has 98 valence electrons. The molecule has 0 bridgehead atoms. The first-order valence-electron chi connectivity index (χ1n) is 6.31. The Bertz CT molecular complexity index is 386. The highest BCUT2D eigenvalue weighted by Crippen LogP contribution is 2.13. The smallest absolute Gasteiger partial charge is 0.319 e. The first kappa shape index (κ1) is 12.7. The van der Waals surface area contributed by atoms with E-state index in [1.807, 2.05) is 0 Å². The molecule has 0 aliphatic carbocycles. The van der Waals surface area contributed by atoms with Crippen LogP contribution < -0.4 is 16.0 Å². The lowest BCUT2D eigenvalue weighted by Gasteiger charge is -2.23. The maximum absolute atomic E-state index is 11.6. The molecule has 0 aromatic heterocycles. The monoisotopic (exact) mass is 249 g/mol. The summed E-state index contributed by atoms with van der Waals surface area (Å²) in [7, 11) is 0. The standard InChI is InChI=1S/C13H19N3O2/c17-12-6-4-10(5-7-12)16-13(18)15-9-11-3-1-2-8-14-11/h4-7,11,14,17H,1-3,8-9H2,(H2,15,16,18). The van der Waals surface area contributed by atoms with Gasteiger partial charge in [0, 0.05) is 18.3 Å². The minimum Gasteiger partial charge on any atom is -0.508 e. The molecular formula is C13H19N3O2. The lowest BCUT2D eigenvalue weighted by molar-refractivity contribution is 0.249. The Balaban J connectivity index is 1.73. The number of urea groups is 1. The Morgan fingerprint density at radius 2 is 2.11 bits per heavy atom. The van der Waals surface area contributed by atoms with Crippen molar-refractivity contribution in [3.05, 3.63) is 24.3 Å². The van der Waals surface area contributed by atoms with Gasteiger partial charge in [-0.15, -0.1) is 0 Å². The Morgan fingerprint density at radius 3 is 2.78 bits per heavy atom. The molecule has 1 aromatic carbocycles. The summed E-state index contributed by atoms with van der Waals surface area (Å²) in [5.74, 6) is 0.187. The molecule has 18 heavy (non-hydrogen) atoms. The fourth-order valence-electron chi connectivity index (χ4n) is 2.03. The van der Waals surface area contributed by atoms with E-state index < -0.39 is 0 Å². The van der Waals surface area contributed by atoms with Gasteiger partial charge in [-0.25, -0.2) is 4.79 Å². The third-order valence-electron chi connectivity index (χ3n) is 3.05. The van der Waals surface area contributed by atoms with Crippen LogP contribution in [0.1, 0.15) is 19.3 Å². The van der Waals surface area contributed by atoms with Gasteiger partial charge in [0.05, 0.1) is 0 Å². The molecule has 1 saturated heterocycles. The van der Waals surface area contributed by atoms with Crippen molar-refractivity contribution in [2.45, 2.75) is 25.3 Å². The van der Waals surface area contributed by atoms with Crippen molar-refractivity contribution in [1.82, 2.24) is 10.6 Å². The molecule has 5 heteroatoms. The molecule has 4 N–H and O–H groups in total. The molecule has 1 unspecified atom stereocenters. The first-order chi connectivity index (χ1) is 8.74. The minimum atomic E-state index is -0.215. The third-order valence-corrected chi connectivity index (χ3v) is 3.05. The summed E-state index contributed by atoms with van der Waals surface area (Å²) in [4.78, 5) is 11.6. The highest BCUT2D eigenvalue weighted by molar-refractivity contribution is 5.89. The molecule has 2 amide bonds. The summed E-state index contributed by atoms with van der Waals surface area (Å²) in [5, 5.41) is 18.1. The van der Waals surface area contributed by atoms with E-state index in [2.05, 4.69) is 16.0 Å². The molecule has 0 saturated carbocycles. The van der Waals surface area contributed by atoms with Crippen LogP contribution in [0.15, 0.2) is 24.3 Å². The van der Waals surface area contributed by atoms with Gasteiger partial charge in [-0.05, 0) is 43.7 Å². The molecule has 5 nitrogen and oxygen atoms in total. The Labute approximate surface area is 107 Å². The predicted octanol–water partition coefficient (Wildman–Crippen LogP) is 1.66. The fraction of sp³-hybridized carbons (Fsp3) is 0.462. The van der Waals surface area contributed by atoms with Crippen LogP contribution in [-0.2, 0) is 0 Å². The van der Waals surface area contributed by atoms with E-state index in [0.717, 1.165) is 13.0 Å². The number of phenolic OH excluding ortho intramolecular Hbond substituents is 1. The molecule has 1 atom stereocenters. The first-order valence-corrected chi connectivity index (χ1v) is 6.31. The van der Waals surface area contributed by atoms with Gasteiger partial charge in [0.2, 0.25) is 0 Å². The molecule has 0 spiro atoms. The Hall–Kier alpha value is -1.75. The zero-order valence-corrected chi connectivity index (χ0v) is 10.3. The number of phenols is 1. The van der Waals surface area contributed by atoms with Gasteiger partial charge in [-0.2, -0.15) is 0 Å². The van der Waals surface area contributed by atoms with Gasteiger partial charge in [0.25, 0.3) is 0 Å². The van der Waals surface area contributed by atoms with Crippen molar-refractivity contribution in [3.8, 4) is 5.75 Å². The van der Waals surface area contributed by atoms with Crippen molar-refractivity contribution in [2.24, 2.45) is 0 Å². The summed E-state index contributed by atoms with van der Waals surface area (Å²) in [6.07, 6.45) is 3.55. The van der Waals surface area contributed by atoms with Crippen LogP contribution in [0.5, 0.6) is 5.75 Å². The highest BCUT2D eigenvalue weighted by atomic mass is 16.3. The zero-order valence-electron chi connectivity index (χ0n) is 10.3. The molecule has 0 radical (unpaired) electrons. The van der Waals surface area contributed by atoms with Crippen LogP contribution >= 0.6 is 0 Å². The molecule has 1 heterocycles. The minimum absolute atomic E-state index is 0.187. The van der Waals surface area contributed by atoms with Crippen molar-refractivity contribution in [3.63, 3.8) is 0 Å². The number of anilines is 1. The lowest BCUT2D eigenvalue weighted by atomic mass is 10.1. The number of nitrogens with one attached hydrogen (secondary N) is 3. The molecule has 1 aliphatic heterocycles. The van der Waals surface area contributed by atoms with Crippen molar-refractivity contribution >= 4 is 11.7 Å². The largest absolute Gasteiger partial charge is 0.508 e. The average molecular weight is 249 g/mol. The number of piperidine rings is 1. The van der Waals surface area contributed by atoms with Crippen molar-refractivity contribution in [1.29, 1.82) is 0 Å². The molecule has 1 aromatic rings. The summed E-state index contributed by atoms with van der Waals surface area (Å²) >= 11 is 0. The number of amides is 2. The van der Waals surface area contributed by atoms with Crippen LogP contribution in [0.25, 0.3) is 0 Å². The van der Waals surface area contributed by atoms with Crippen molar-refractivity contribution < 1.29 is 9.90 Å². The number of hydrogen-bond donors (Lipinski definition) is 4. The zero-order chi connectivity index (χ0) is 12.8. The van der Waals surface area contributed by atoms with E-state index in [-0.39, 0.29) is 11.8 Å². The van der Waals surface area contributed by atoms with Crippen LogP contribution in [0.3, 0.4) is 0 Å². The Morgan fingerprint density at radius 1 is 1.33 bits per heavy atom. The topological polar surface area (TPSA) is 73.4 Å². The predicted molar refractivity (Wildman–Crippen MR) is 70.8 cm³/mol. The van der Waals surface area contributed by atoms with Gasteiger partial charge in [0.15, 0.2) is 0 Å². The van der Waals surface area contributed by atoms with Crippen LogP contribution in [0.2, 0.25) is 0 Å². The number of benzene rings is 1. The van der Waals surface area contributed by atoms with E-state index in [4.69, 9.17) is 5.11 Å². The molecular weight excluding hydrogens is 230 g/mol. The number of aromatic hydroxyl groups is 1. The molecule has 2 rings (SSSR count). The number of carbonyl (C=O) groups excluding carboxylic acids is 1. The van der Waals surface area contributed by atoms with E-state index in [0.29, 0.717) is 18.3 Å². The normalized spacial score (nSPS) is 19.2. The van der Waals surface area contributed by atoms with E-state index in [1.54, 1.807) is 12.1 Å². The summed E-state index contributed by atoms with van der Waals surface area (Å²) in [5.41, 5.74) is 0.668. The Kier molecular flexibility index (Phi) is 4.41. The third kappa shape index (κ3) is 3.92. The summed E-state index contributed by atoms with van der Waals surface area (Å²) in [6.45, 7) is 1.68. The maximum atomic E-state index is 11.6. The molecule has 1 aliphatic rings. The quantitative estimate of drug-likeness (QED) is 0.615. The fourth-order valence-corrected chi connectivity index (χ4v) is 2.03. The molecule has 1 fully saturated rings. The summed E-state index contributed by atoms with van der Waals surface area (Å²) in [6, 6.07) is 6.57. The van der Waals surface area contributed by atoms with Crippen LogP contribution in [-0.4, -0.2) is 30.3 Å². The second kappa shape index (κ2) is 6.26. The van der Waals surface area contributed by atoms with Gasteiger partial charge in [0.1, 0.15) is 5.75 Å². The van der Waals surface area contributed by atoms with Gasteiger partial charge in [-0.1, -0.05) is 6.42 Å². The van der Waals surface area contributed by atoms with E-state index in [9.17, 15) is 4.79 Å². The number of rotatable bonds is 3. The maximum Gasteiger partial charge on any atom is 0.319 e. The number of carbonyl (C=O) groups is 1. The number of hydrogen-bond acceptors (Lipinski definition) is 3.